The van der Waals surface area contributed by atoms with Gasteiger partial charge in [-0.3, -0.25) is 4.79 Å². The third-order valence-electron chi connectivity index (χ3n) is 3.74. The molecule has 0 saturated heterocycles. The molecule has 1 amide bonds. The topological polar surface area (TPSA) is 98.2 Å². The van der Waals surface area contributed by atoms with E-state index in [1.165, 1.54) is 12.1 Å². The zero-order valence-corrected chi connectivity index (χ0v) is 17.4. The Morgan fingerprint density at radius 3 is 2.34 bits per heavy atom. The summed E-state index contributed by atoms with van der Waals surface area (Å²) in [6, 6.07) is 14.5. The van der Waals surface area contributed by atoms with Crippen LogP contribution < -0.4 is 10.1 Å². The summed E-state index contributed by atoms with van der Waals surface area (Å²) in [6.45, 7) is -0.221. The van der Waals surface area contributed by atoms with Gasteiger partial charge in [-0.25, -0.2) is 8.42 Å². The molecule has 0 atom stereocenters. The number of aromatic nitrogens is 2. The van der Waals surface area contributed by atoms with E-state index in [1.807, 2.05) is 0 Å². The Morgan fingerprint density at radius 1 is 1.03 bits per heavy atom. The summed E-state index contributed by atoms with van der Waals surface area (Å²) >= 11 is 11.8. The molecule has 29 heavy (non-hydrogen) atoms. The molecule has 0 unspecified atom stereocenters. The lowest BCUT2D eigenvalue weighted by Gasteiger charge is -2.09. The van der Waals surface area contributed by atoms with Gasteiger partial charge in [0.15, 0.2) is 21.5 Å². The molecule has 0 aliphatic heterocycles. The first-order chi connectivity index (χ1) is 13.7. The first-order valence-electron chi connectivity index (χ1n) is 8.24. The molecule has 1 N–H and O–H groups in total. The molecule has 0 aliphatic carbocycles. The van der Waals surface area contributed by atoms with Gasteiger partial charge in [-0.05, 0) is 42.5 Å². The molecule has 10 heteroatoms. The van der Waals surface area contributed by atoms with Gasteiger partial charge >= 0.3 is 0 Å². The van der Waals surface area contributed by atoms with E-state index < -0.39 is 9.84 Å². The van der Waals surface area contributed by atoms with Crippen molar-refractivity contribution in [2.24, 2.45) is 0 Å². The second-order valence-corrected chi connectivity index (χ2v) is 8.82. The molecule has 3 rings (SSSR count). The number of ether oxygens (including phenoxy) is 1. The minimum Gasteiger partial charge on any atom is -0.482 e. The van der Waals surface area contributed by atoms with Crippen LogP contribution in [0.4, 0.5) is 5.69 Å². The Kier molecular flexibility index (Phi) is 6.36. The van der Waals surface area contributed by atoms with Crippen molar-refractivity contribution in [1.82, 2.24) is 10.2 Å². The van der Waals surface area contributed by atoms with Crippen molar-refractivity contribution in [1.29, 1.82) is 0 Å². The lowest BCUT2D eigenvalue weighted by molar-refractivity contribution is -0.118. The summed E-state index contributed by atoms with van der Waals surface area (Å²) in [5, 5.41) is 11.0. The lowest BCUT2D eigenvalue weighted by Crippen LogP contribution is -2.20. The van der Waals surface area contributed by atoms with Crippen LogP contribution in [0, 0.1) is 0 Å². The predicted molar refractivity (Wildman–Crippen MR) is 111 cm³/mol. The van der Waals surface area contributed by atoms with Crippen LogP contribution in [0.2, 0.25) is 10.0 Å². The van der Waals surface area contributed by atoms with E-state index in [9.17, 15) is 13.2 Å². The highest BCUT2D eigenvalue weighted by molar-refractivity contribution is 7.90. The standard InChI is InChI=1S/C19H15Cl2N3O4S/c1-29(26,27)19-9-7-16(23-24-19)12-2-5-14(6-3-12)22-18(25)11-28-17-8-4-13(20)10-15(17)21/h2-10H,11H2,1H3,(H,22,25). The van der Waals surface area contributed by atoms with Crippen molar-refractivity contribution in [2.75, 3.05) is 18.2 Å². The highest BCUT2D eigenvalue weighted by Crippen LogP contribution is 2.27. The van der Waals surface area contributed by atoms with E-state index in [0.29, 0.717) is 27.2 Å². The molecule has 0 fully saturated rings. The van der Waals surface area contributed by atoms with Gasteiger partial charge in [0.2, 0.25) is 0 Å². The van der Waals surface area contributed by atoms with Crippen LogP contribution in [0.25, 0.3) is 11.3 Å². The van der Waals surface area contributed by atoms with Gasteiger partial charge in [0, 0.05) is 22.5 Å². The van der Waals surface area contributed by atoms with Crippen LogP contribution in [0.1, 0.15) is 0 Å². The summed E-state index contributed by atoms with van der Waals surface area (Å²) < 4.78 is 28.3. The van der Waals surface area contributed by atoms with Gasteiger partial charge < -0.3 is 10.1 Å². The Morgan fingerprint density at radius 2 is 1.76 bits per heavy atom. The number of nitrogens with zero attached hydrogens (tertiary/aromatic N) is 2. The fourth-order valence-corrected chi connectivity index (χ4v) is 3.30. The number of anilines is 1. The van der Waals surface area contributed by atoms with Gasteiger partial charge in [-0.2, -0.15) is 0 Å². The minimum atomic E-state index is -3.40. The van der Waals surface area contributed by atoms with Crippen molar-refractivity contribution in [3.05, 3.63) is 64.6 Å². The van der Waals surface area contributed by atoms with E-state index >= 15 is 0 Å². The predicted octanol–water partition coefficient (Wildman–Crippen LogP) is 3.87. The third-order valence-corrected chi connectivity index (χ3v) is 5.25. The molecular formula is C19H15Cl2N3O4S. The number of sulfone groups is 1. The summed E-state index contributed by atoms with van der Waals surface area (Å²) in [4.78, 5) is 12.1. The highest BCUT2D eigenvalue weighted by atomic mass is 35.5. The zero-order valence-electron chi connectivity index (χ0n) is 15.1. The van der Waals surface area contributed by atoms with Crippen LogP contribution >= 0.6 is 23.2 Å². The van der Waals surface area contributed by atoms with Gasteiger partial charge in [0.05, 0.1) is 10.7 Å². The number of hydrogen-bond acceptors (Lipinski definition) is 6. The molecule has 0 aliphatic rings. The summed E-state index contributed by atoms with van der Waals surface area (Å²) in [6.07, 6.45) is 1.07. The Bertz CT molecular complexity index is 1140. The molecule has 0 saturated carbocycles. The Hall–Kier alpha value is -2.68. The van der Waals surface area contributed by atoms with Crippen molar-refractivity contribution < 1.29 is 17.9 Å². The first kappa shape index (κ1) is 21.0. The SMILES string of the molecule is CS(=O)(=O)c1ccc(-c2ccc(NC(=O)COc3ccc(Cl)cc3Cl)cc2)nn1. The molecule has 1 heterocycles. The van der Waals surface area contributed by atoms with Gasteiger partial charge in [0.25, 0.3) is 5.91 Å². The van der Waals surface area contributed by atoms with Gasteiger partial charge in [-0.1, -0.05) is 35.3 Å². The maximum atomic E-state index is 12.1. The molecule has 150 valence electrons. The summed E-state index contributed by atoms with van der Waals surface area (Å²) in [5.41, 5.74) is 1.79. The quantitative estimate of drug-likeness (QED) is 0.610. The van der Waals surface area contributed by atoms with Crippen molar-refractivity contribution in [3.8, 4) is 17.0 Å². The molecule has 0 spiro atoms. The van der Waals surface area contributed by atoms with Crippen LogP contribution in [0.5, 0.6) is 5.75 Å². The maximum Gasteiger partial charge on any atom is 0.262 e. The van der Waals surface area contributed by atoms with E-state index in [4.69, 9.17) is 27.9 Å². The van der Waals surface area contributed by atoms with Crippen molar-refractivity contribution in [3.63, 3.8) is 0 Å². The fraction of sp³-hybridized carbons (Fsp3) is 0.105. The maximum absolute atomic E-state index is 12.1. The minimum absolute atomic E-state index is 0.0917. The number of benzene rings is 2. The largest absolute Gasteiger partial charge is 0.482 e. The Balaban J connectivity index is 1.60. The fourth-order valence-electron chi connectivity index (χ4n) is 2.33. The van der Waals surface area contributed by atoms with Crippen LogP contribution in [-0.4, -0.2) is 37.4 Å². The van der Waals surface area contributed by atoms with Crippen molar-refractivity contribution >= 4 is 44.6 Å². The molecular weight excluding hydrogens is 437 g/mol. The van der Waals surface area contributed by atoms with Crippen LogP contribution in [0.15, 0.2) is 59.6 Å². The second-order valence-electron chi connectivity index (χ2n) is 6.02. The normalized spacial score (nSPS) is 11.1. The summed E-state index contributed by atoms with van der Waals surface area (Å²) in [5.74, 6) is -0.00116. The molecule has 1 aromatic heterocycles. The number of carbonyl (C=O) groups is 1. The number of nitrogens with one attached hydrogen (secondary N) is 1. The molecule has 0 bridgehead atoms. The molecule has 3 aromatic rings. The van der Waals surface area contributed by atoms with Crippen molar-refractivity contribution in [2.45, 2.75) is 5.03 Å². The first-order valence-corrected chi connectivity index (χ1v) is 10.9. The number of rotatable bonds is 6. The van der Waals surface area contributed by atoms with Gasteiger partial charge in [0.1, 0.15) is 5.75 Å². The molecule has 2 aromatic carbocycles. The zero-order chi connectivity index (χ0) is 21.0. The average molecular weight is 452 g/mol. The molecule has 7 nitrogen and oxygen atoms in total. The van der Waals surface area contributed by atoms with E-state index in [0.717, 1.165) is 11.8 Å². The van der Waals surface area contributed by atoms with E-state index in [1.54, 1.807) is 42.5 Å². The van der Waals surface area contributed by atoms with Gasteiger partial charge in [-0.15, -0.1) is 10.2 Å². The van der Waals surface area contributed by atoms with Crippen LogP contribution in [0.3, 0.4) is 0 Å². The van der Waals surface area contributed by atoms with E-state index in [-0.39, 0.29) is 17.5 Å². The second kappa shape index (κ2) is 8.77. The lowest BCUT2D eigenvalue weighted by atomic mass is 10.1. The number of hydrogen-bond donors (Lipinski definition) is 1. The Labute approximate surface area is 177 Å². The number of carbonyl (C=O) groups excluding carboxylic acids is 1. The number of halogens is 2. The van der Waals surface area contributed by atoms with E-state index in [2.05, 4.69) is 15.5 Å². The molecule has 0 radical (unpaired) electrons. The smallest absolute Gasteiger partial charge is 0.262 e. The highest BCUT2D eigenvalue weighted by Gasteiger charge is 2.11. The number of amides is 1. The monoisotopic (exact) mass is 451 g/mol. The van der Waals surface area contributed by atoms with Crippen LogP contribution in [-0.2, 0) is 14.6 Å². The average Bonchev–Trinajstić information content (AvgIpc) is 2.67. The third kappa shape index (κ3) is 5.66. The summed E-state index contributed by atoms with van der Waals surface area (Å²) in [7, 11) is -3.40.